The van der Waals surface area contributed by atoms with E-state index in [1.165, 1.54) is 64.2 Å². The molecule has 3 N–H and O–H groups in total. The van der Waals surface area contributed by atoms with E-state index < -0.39 is 12.0 Å². The van der Waals surface area contributed by atoms with Crippen LogP contribution in [0.3, 0.4) is 0 Å². The molecule has 1 unspecified atom stereocenters. The fourth-order valence-corrected chi connectivity index (χ4v) is 2.33. The van der Waals surface area contributed by atoms with E-state index in [1.807, 2.05) is 0 Å². The summed E-state index contributed by atoms with van der Waals surface area (Å²) in [6, 6.07) is -0.664. The molecule has 0 saturated carbocycles. The zero-order valence-corrected chi connectivity index (χ0v) is 13.9. The van der Waals surface area contributed by atoms with E-state index in [0.29, 0.717) is 6.42 Å². The van der Waals surface area contributed by atoms with Crippen molar-refractivity contribution in [2.45, 2.75) is 96.4 Å². The van der Waals surface area contributed by atoms with E-state index in [1.54, 1.807) is 0 Å². The third kappa shape index (κ3) is 15.8. The summed E-state index contributed by atoms with van der Waals surface area (Å²) in [5, 5.41) is 8.63. The first-order valence-corrected chi connectivity index (χ1v) is 8.17. The Morgan fingerprint density at radius 2 is 1.20 bits per heavy atom. The van der Waals surface area contributed by atoms with Gasteiger partial charge in [0.05, 0.1) is 0 Å². The standard InChI is InChI=1S/C16H33NO2.ClH/c1-2-3-4-5-6-7-8-9-10-11-12-13-14-15(17)16(18)19;/h15H,2-14,17H2,1H3,(H,18,19);1H. The molecule has 20 heavy (non-hydrogen) atoms. The molecule has 0 aliphatic heterocycles. The predicted octanol–water partition coefficient (Wildman–Crippen LogP) is 4.91. The smallest absolute Gasteiger partial charge is 0.320 e. The number of hydrogen-bond acceptors (Lipinski definition) is 2. The lowest BCUT2D eigenvalue weighted by molar-refractivity contribution is -0.138. The van der Waals surface area contributed by atoms with Crippen LogP contribution < -0.4 is 5.73 Å². The maximum absolute atomic E-state index is 10.5. The van der Waals surface area contributed by atoms with Crippen molar-refractivity contribution in [3.05, 3.63) is 0 Å². The first-order valence-electron chi connectivity index (χ1n) is 8.17. The molecular formula is C16H34ClNO2. The van der Waals surface area contributed by atoms with Gasteiger partial charge in [-0.25, -0.2) is 0 Å². The summed E-state index contributed by atoms with van der Waals surface area (Å²) in [6.07, 6.45) is 16.2. The SMILES string of the molecule is CCCCCCCCCCCCCCC(N)C(=O)O.Cl. The Kier molecular flexibility index (Phi) is 18.5. The molecule has 4 heteroatoms. The summed E-state index contributed by atoms with van der Waals surface area (Å²) in [5.74, 6) is -0.872. The van der Waals surface area contributed by atoms with Gasteiger partial charge in [-0.15, -0.1) is 12.4 Å². The van der Waals surface area contributed by atoms with Crippen LogP contribution in [-0.4, -0.2) is 17.1 Å². The summed E-state index contributed by atoms with van der Waals surface area (Å²) in [7, 11) is 0. The molecule has 0 bridgehead atoms. The van der Waals surface area contributed by atoms with Gasteiger partial charge in [0.25, 0.3) is 0 Å². The minimum atomic E-state index is -0.872. The molecule has 1 atom stereocenters. The maximum atomic E-state index is 10.5. The number of rotatable bonds is 14. The van der Waals surface area contributed by atoms with Crippen molar-refractivity contribution in [2.75, 3.05) is 0 Å². The first-order chi connectivity index (χ1) is 9.18. The van der Waals surface area contributed by atoms with Gasteiger partial charge < -0.3 is 10.8 Å². The topological polar surface area (TPSA) is 63.3 Å². The third-order valence-corrected chi connectivity index (χ3v) is 3.69. The van der Waals surface area contributed by atoms with Gasteiger partial charge in [-0.2, -0.15) is 0 Å². The van der Waals surface area contributed by atoms with E-state index >= 15 is 0 Å². The molecule has 0 aliphatic rings. The Hall–Kier alpha value is -0.280. The first kappa shape index (κ1) is 22.0. The number of carbonyl (C=O) groups is 1. The fraction of sp³-hybridized carbons (Fsp3) is 0.938. The lowest BCUT2D eigenvalue weighted by Gasteiger charge is -2.05. The Morgan fingerprint density at radius 3 is 1.55 bits per heavy atom. The molecule has 0 aromatic heterocycles. The van der Waals surface area contributed by atoms with Gasteiger partial charge in [0, 0.05) is 0 Å². The zero-order chi connectivity index (χ0) is 14.3. The summed E-state index contributed by atoms with van der Waals surface area (Å²) in [4.78, 5) is 10.5. The second kappa shape index (κ2) is 16.8. The Morgan fingerprint density at radius 1 is 0.850 bits per heavy atom. The van der Waals surface area contributed by atoms with Gasteiger partial charge in [-0.05, 0) is 6.42 Å². The largest absolute Gasteiger partial charge is 0.480 e. The van der Waals surface area contributed by atoms with Gasteiger partial charge in [0.15, 0.2) is 0 Å². The van der Waals surface area contributed by atoms with Crippen molar-refractivity contribution in [3.63, 3.8) is 0 Å². The molecule has 3 nitrogen and oxygen atoms in total. The van der Waals surface area contributed by atoms with Crippen LogP contribution in [0.2, 0.25) is 0 Å². The highest BCUT2D eigenvalue weighted by Gasteiger charge is 2.09. The van der Waals surface area contributed by atoms with Gasteiger partial charge in [-0.1, -0.05) is 84.0 Å². The van der Waals surface area contributed by atoms with E-state index in [2.05, 4.69) is 6.92 Å². The van der Waals surface area contributed by atoms with Crippen molar-refractivity contribution in [1.29, 1.82) is 0 Å². The van der Waals surface area contributed by atoms with Crippen molar-refractivity contribution < 1.29 is 9.90 Å². The van der Waals surface area contributed by atoms with Crippen LogP contribution in [0, 0.1) is 0 Å². The highest BCUT2D eigenvalue weighted by atomic mass is 35.5. The molecule has 0 aliphatic carbocycles. The molecule has 0 rings (SSSR count). The molecule has 0 heterocycles. The number of hydrogen-bond donors (Lipinski definition) is 2. The Balaban J connectivity index is 0. The van der Waals surface area contributed by atoms with Crippen LogP contribution in [0.1, 0.15) is 90.4 Å². The average Bonchev–Trinajstić information content (AvgIpc) is 2.39. The minimum Gasteiger partial charge on any atom is -0.480 e. The van der Waals surface area contributed by atoms with E-state index in [4.69, 9.17) is 10.8 Å². The Bertz CT molecular complexity index is 213. The van der Waals surface area contributed by atoms with Crippen LogP contribution >= 0.6 is 12.4 Å². The number of halogens is 1. The molecule has 122 valence electrons. The number of nitrogens with two attached hydrogens (primary N) is 1. The van der Waals surface area contributed by atoms with Crippen molar-refractivity contribution >= 4 is 18.4 Å². The predicted molar refractivity (Wildman–Crippen MR) is 88.6 cm³/mol. The summed E-state index contributed by atoms with van der Waals surface area (Å²) in [6.45, 7) is 2.25. The highest BCUT2D eigenvalue weighted by molar-refractivity contribution is 5.85. The van der Waals surface area contributed by atoms with Gasteiger partial charge >= 0.3 is 5.97 Å². The van der Waals surface area contributed by atoms with E-state index in [9.17, 15) is 4.79 Å². The van der Waals surface area contributed by atoms with Crippen molar-refractivity contribution in [2.24, 2.45) is 5.73 Å². The van der Waals surface area contributed by atoms with Crippen molar-refractivity contribution in [3.8, 4) is 0 Å². The van der Waals surface area contributed by atoms with Crippen LogP contribution in [0.25, 0.3) is 0 Å². The molecular weight excluding hydrogens is 274 g/mol. The molecule has 0 aromatic carbocycles. The third-order valence-electron chi connectivity index (χ3n) is 3.69. The highest BCUT2D eigenvalue weighted by Crippen LogP contribution is 2.12. The molecule has 0 saturated heterocycles. The number of carboxylic acids is 1. The van der Waals surface area contributed by atoms with E-state index in [0.717, 1.165) is 12.8 Å². The molecule has 0 spiro atoms. The van der Waals surface area contributed by atoms with Gasteiger partial charge in [-0.3, -0.25) is 4.79 Å². The number of unbranched alkanes of at least 4 members (excludes halogenated alkanes) is 11. The molecule has 0 aromatic rings. The molecule has 0 amide bonds. The minimum absolute atomic E-state index is 0. The normalized spacial score (nSPS) is 11.9. The summed E-state index contributed by atoms with van der Waals surface area (Å²) < 4.78 is 0. The second-order valence-corrected chi connectivity index (χ2v) is 5.62. The zero-order valence-electron chi connectivity index (χ0n) is 13.1. The quantitative estimate of drug-likeness (QED) is 0.448. The van der Waals surface area contributed by atoms with Crippen LogP contribution in [0.5, 0.6) is 0 Å². The molecule has 0 fully saturated rings. The summed E-state index contributed by atoms with van der Waals surface area (Å²) >= 11 is 0. The lowest BCUT2D eigenvalue weighted by Crippen LogP contribution is -2.29. The summed E-state index contributed by atoms with van der Waals surface area (Å²) in [5.41, 5.74) is 5.45. The average molecular weight is 308 g/mol. The van der Waals surface area contributed by atoms with Crippen LogP contribution in [0.4, 0.5) is 0 Å². The van der Waals surface area contributed by atoms with Crippen molar-refractivity contribution in [1.82, 2.24) is 0 Å². The molecule has 0 radical (unpaired) electrons. The van der Waals surface area contributed by atoms with Crippen LogP contribution in [-0.2, 0) is 4.79 Å². The van der Waals surface area contributed by atoms with Gasteiger partial charge in [0.2, 0.25) is 0 Å². The van der Waals surface area contributed by atoms with E-state index in [-0.39, 0.29) is 12.4 Å². The number of aliphatic carboxylic acids is 1. The maximum Gasteiger partial charge on any atom is 0.320 e. The number of carboxylic acid groups (broad SMARTS) is 1. The Labute approximate surface area is 131 Å². The van der Waals surface area contributed by atoms with Gasteiger partial charge in [0.1, 0.15) is 6.04 Å². The fourth-order valence-electron chi connectivity index (χ4n) is 2.33. The monoisotopic (exact) mass is 307 g/mol. The second-order valence-electron chi connectivity index (χ2n) is 5.62. The lowest BCUT2D eigenvalue weighted by atomic mass is 10.0. The van der Waals surface area contributed by atoms with Crippen LogP contribution in [0.15, 0.2) is 0 Å².